The molecule has 0 saturated carbocycles. The van der Waals surface area contributed by atoms with Gasteiger partial charge < -0.3 is 14.8 Å². The molecule has 112 valence electrons. The van der Waals surface area contributed by atoms with Crippen molar-refractivity contribution < 1.29 is 9.47 Å². The van der Waals surface area contributed by atoms with Crippen LogP contribution in [0.1, 0.15) is 11.3 Å². The van der Waals surface area contributed by atoms with Crippen LogP contribution in [0, 0.1) is 0 Å². The van der Waals surface area contributed by atoms with Crippen LogP contribution in [0.5, 0.6) is 5.75 Å². The van der Waals surface area contributed by atoms with Gasteiger partial charge in [-0.3, -0.25) is 4.98 Å². The van der Waals surface area contributed by atoms with Crippen molar-refractivity contribution in [3.63, 3.8) is 0 Å². The Labute approximate surface area is 133 Å². The normalized spacial score (nSPS) is 10.6. The Morgan fingerprint density at radius 2 is 1.95 bits per heavy atom. The molecule has 1 aromatic carbocycles. The van der Waals surface area contributed by atoms with E-state index in [0.717, 1.165) is 35.6 Å². The van der Waals surface area contributed by atoms with Crippen molar-refractivity contribution in [1.82, 2.24) is 10.3 Å². The molecular formula is C16H19BrN2O2. The van der Waals surface area contributed by atoms with E-state index in [1.807, 2.05) is 24.3 Å². The molecule has 0 spiro atoms. The van der Waals surface area contributed by atoms with E-state index >= 15 is 0 Å². The van der Waals surface area contributed by atoms with Crippen LogP contribution < -0.4 is 10.1 Å². The first-order valence-corrected chi connectivity index (χ1v) is 7.59. The Balaban J connectivity index is 1.78. The number of pyridine rings is 1. The first-order valence-electron chi connectivity index (χ1n) is 6.80. The van der Waals surface area contributed by atoms with Gasteiger partial charge in [0.15, 0.2) is 0 Å². The van der Waals surface area contributed by atoms with E-state index in [-0.39, 0.29) is 0 Å². The van der Waals surface area contributed by atoms with E-state index in [4.69, 9.17) is 9.47 Å². The molecule has 1 heterocycles. The third kappa shape index (κ3) is 5.83. The minimum absolute atomic E-state index is 0.471. The third-order valence-electron chi connectivity index (χ3n) is 2.91. The van der Waals surface area contributed by atoms with Crippen molar-refractivity contribution >= 4 is 15.9 Å². The van der Waals surface area contributed by atoms with Gasteiger partial charge in [0.05, 0.1) is 12.3 Å². The SMILES string of the molecule is COCCNCc1ccc(OCc2ccc(Br)cn2)cc1. The molecule has 1 N–H and O–H groups in total. The van der Waals surface area contributed by atoms with Gasteiger partial charge in [-0.15, -0.1) is 0 Å². The Morgan fingerprint density at radius 3 is 2.62 bits per heavy atom. The Kier molecular flexibility index (Phi) is 6.66. The Bertz CT molecular complexity index is 529. The summed E-state index contributed by atoms with van der Waals surface area (Å²) in [6.07, 6.45) is 1.77. The summed E-state index contributed by atoms with van der Waals surface area (Å²) in [4.78, 5) is 4.28. The van der Waals surface area contributed by atoms with Gasteiger partial charge in [-0.1, -0.05) is 12.1 Å². The van der Waals surface area contributed by atoms with Crippen molar-refractivity contribution in [2.24, 2.45) is 0 Å². The lowest BCUT2D eigenvalue weighted by molar-refractivity contribution is 0.199. The van der Waals surface area contributed by atoms with E-state index in [1.165, 1.54) is 5.56 Å². The van der Waals surface area contributed by atoms with Crippen LogP contribution >= 0.6 is 15.9 Å². The van der Waals surface area contributed by atoms with Crippen molar-refractivity contribution in [3.8, 4) is 5.75 Å². The van der Waals surface area contributed by atoms with E-state index in [0.29, 0.717) is 6.61 Å². The molecule has 5 heteroatoms. The molecule has 0 bridgehead atoms. The van der Waals surface area contributed by atoms with Crippen molar-refractivity contribution in [2.45, 2.75) is 13.2 Å². The average molecular weight is 351 g/mol. The second-order valence-electron chi connectivity index (χ2n) is 4.57. The molecule has 0 aliphatic rings. The van der Waals surface area contributed by atoms with Gasteiger partial charge in [-0.05, 0) is 45.8 Å². The fraction of sp³-hybridized carbons (Fsp3) is 0.312. The summed E-state index contributed by atoms with van der Waals surface area (Å²) in [6, 6.07) is 12.0. The number of halogens is 1. The summed E-state index contributed by atoms with van der Waals surface area (Å²) in [5.74, 6) is 0.848. The molecule has 0 aliphatic heterocycles. The van der Waals surface area contributed by atoms with Crippen molar-refractivity contribution in [1.29, 1.82) is 0 Å². The summed E-state index contributed by atoms with van der Waals surface area (Å²) in [5, 5.41) is 3.30. The largest absolute Gasteiger partial charge is 0.487 e. The predicted molar refractivity (Wildman–Crippen MR) is 86.3 cm³/mol. The first kappa shape index (κ1) is 15.9. The van der Waals surface area contributed by atoms with Gasteiger partial charge in [0.2, 0.25) is 0 Å². The van der Waals surface area contributed by atoms with Crippen LogP contribution in [-0.4, -0.2) is 25.2 Å². The second-order valence-corrected chi connectivity index (χ2v) is 5.49. The summed E-state index contributed by atoms with van der Waals surface area (Å²) < 4.78 is 11.7. The number of ether oxygens (including phenoxy) is 2. The van der Waals surface area contributed by atoms with E-state index in [1.54, 1.807) is 13.3 Å². The number of hydrogen-bond acceptors (Lipinski definition) is 4. The second kappa shape index (κ2) is 8.77. The maximum atomic E-state index is 5.71. The number of methoxy groups -OCH3 is 1. The topological polar surface area (TPSA) is 43.4 Å². The first-order chi connectivity index (χ1) is 10.3. The van der Waals surface area contributed by atoms with Crippen LogP contribution in [0.15, 0.2) is 47.1 Å². The molecular weight excluding hydrogens is 332 g/mol. The van der Waals surface area contributed by atoms with Crippen LogP contribution in [0.3, 0.4) is 0 Å². The molecule has 2 rings (SSSR count). The molecule has 0 amide bonds. The van der Waals surface area contributed by atoms with Gasteiger partial charge in [0.25, 0.3) is 0 Å². The van der Waals surface area contributed by atoms with Crippen molar-refractivity contribution in [2.75, 3.05) is 20.3 Å². The molecule has 0 atom stereocenters. The van der Waals surface area contributed by atoms with Gasteiger partial charge in [0.1, 0.15) is 12.4 Å². The lowest BCUT2D eigenvalue weighted by Gasteiger charge is -2.08. The summed E-state index contributed by atoms with van der Waals surface area (Å²) in [7, 11) is 1.70. The highest BCUT2D eigenvalue weighted by molar-refractivity contribution is 9.10. The van der Waals surface area contributed by atoms with Crippen LogP contribution in [0.2, 0.25) is 0 Å². The highest BCUT2D eigenvalue weighted by Crippen LogP contribution is 2.14. The summed E-state index contributed by atoms with van der Waals surface area (Å²) in [6.45, 7) is 2.88. The smallest absolute Gasteiger partial charge is 0.130 e. The van der Waals surface area contributed by atoms with Gasteiger partial charge >= 0.3 is 0 Å². The number of hydrogen-bond donors (Lipinski definition) is 1. The Morgan fingerprint density at radius 1 is 1.14 bits per heavy atom. The van der Waals surface area contributed by atoms with Crippen molar-refractivity contribution in [3.05, 3.63) is 58.3 Å². The molecule has 2 aromatic rings. The standard InChI is InChI=1S/C16H19BrN2O2/c1-20-9-8-18-10-13-2-6-16(7-3-13)21-12-15-5-4-14(17)11-19-15/h2-7,11,18H,8-10,12H2,1H3. The number of benzene rings is 1. The highest BCUT2D eigenvalue weighted by Gasteiger charge is 1.98. The molecule has 0 saturated heterocycles. The van der Waals surface area contributed by atoms with E-state index < -0.39 is 0 Å². The lowest BCUT2D eigenvalue weighted by atomic mass is 10.2. The lowest BCUT2D eigenvalue weighted by Crippen LogP contribution is -2.18. The Hall–Kier alpha value is -1.43. The van der Waals surface area contributed by atoms with Gasteiger partial charge in [0, 0.05) is 30.9 Å². The van der Waals surface area contributed by atoms with Crippen LogP contribution in [0.25, 0.3) is 0 Å². The summed E-state index contributed by atoms with van der Waals surface area (Å²) in [5.41, 5.74) is 2.13. The monoisotopic (exact) mass is 350 g/mol. The van der Waals surface area contributed by atoms with Crippen LogP contribution in [0.4, 0.5) is 0 Å². The van der Waals surface area contributed by atoms with Crippen LogP contribution in [-0.2, 0) is 17.9 Å². The molecule has 21 heavy (non-hydrogen) atoms. The molecule has 0 unspecified atom stereocenters. The number of aromatic nitrogens is 1. The number of rotatable bonds is 8. The molecule has 0 radical (unpaired) electrons. The number of nitrogens with zero attached hydrogens (tertiary/aromatic N) is 1. The maximum absolute atomic E-state index is 5.71. The minimum atomic E-state index is 0.471. The quantitative estimate of drug-likeness (QED) is 0.742. The third-order valence-corrected chi connectivity index (χ3v) is 3.38. The van der Waals surface area contributed by atoms with E-state index in [2.05, 4.69) is 38.4 Å². The fourth-order valence-corrected chi connectivity index (χ4v) is 1.99. The summed E-state index contributed by atoms with van der Waals surface area (Å²) >= 11 is 3.36. The van der Waals surface area contributed by atoms with Gasteiger partial charge in [-0.2, -0.15) is 0 Å². The number of nitrogens with one attached hydrogen (secondary N) is 1. The zero-order valence-corrected chi connectivity index (χ0v) is 13.6. The minimum Gasteiger partial charge on any atom is -0.487 e. The van der Waals surface area contributed by atoms with E-state index in [9.17, 15) is 0 Å². The average Bonchev–Trinajstić information content (AvgIpc) is 2.52. The fourth-order valence-electron chi connectivity index (χ4n) is 1.76. The predicted octanol–water partition coefficient (Wildman–Crippen LogP) is 3.16. The maximum Gasteiger partial charge on any atom is 0.130 e. The highest BCUT2D eigenvalue weighted by atomic mass is 79.9. The molecule has 0 aliphatic carbocycles. The zero-order chi connectivity index (χ0) is 14.9. The van der Waals surface area contributed by atoms with Gasteiger partial charge in [-0.25, -0.2) is 0 Å². The zero-order valence-electron chi connectivity index (χ0n) is 12.0. The molecule has 1 aromatic heterocycles. The molecule has 0 fully saturated rings. The molecule has 4 nitrogen and oxygen atoms in total.